The number of aryl methyl sites for hydroxylation is 1. The molecule has 9 nitrogen and oxygen atoms in total. The maximum Gasteiger partial charge on any atom is 0.347 e. The maximum absolute atomic E-state index is 13.5. The highest BCUT2D eigenvalue weighted by Crippen LogP contribution is 2.24. The molecule has 10 heteroatoms. The summed E-state index contributed by atoms with van der Waals surface area (Å²) in [4.78, 5) is 53.3. The Labute approximate surface area is 276 Å². The number of amides is 2. The maximum atomic E-state index is 13.5. The molecular weight excluding hydrogens is 606 g/mol. The number of hydrogen-bond acceptors (Lipinski definition) is 7. The summed E-state index contributed by atoms with van der Waals surface area (Å²) in [5.74, 6) is -2.52. The minimum atomic E-state index is -1.18. The molecule has 2 amide bonds. The lowest BCUT2D eigenvalue weighted by atomic mass is 9.93. The summed E-state index contributed by atoms with van der Waals surface area (Å²) in [5, 5.41) is 6.11. The van der Waals surface area contributed by atoms with Gasteiger partial charge in [0, 0.05) is 36.0 Å². The molecule has 248 valence electrons. The van der Waals surface area contributed by atoms with Crippen molar-refractivity contribution in [2.24, 2.45) is 17.3 Å². The molecule has 0 aliphatic carbocycles. The van der Waals surface area contributed by atoms with E-state index < -0.39 is 47.4 Å². The van der Waals surface area contributed by atoms with E-state index in [1.54, 1.807) is 38.1 Å². The highest BCUT2D eigenvalue weighted by molar-refractivity contribution is 6.31. The smallest absolute Gasteiger partial charge is 0.347 e. The molecule has 46 heavy (non-hydrogen) atoms. The lowest BCUT2D eigenvalue weighted by Gasteiger charge is -2.29. The van der Waals surface area contributed by atoms with Gasteiger partial charge in [-0.3, -0.25) is 14.4 Å². The summed E-state index contributed by atoms with van der Waals surface area (Å²) in [7, 11) is 0. The third-order valence-corrected chi connectivity index (χ3v) is 8.19. The molecule has 0 bridgehead atoms. The first-order chi connectivity index (χ1) is 21.6. The Hall–Kier alpha value is -4.11. The number of nitrogens with two attached hydrogens (primary N) is 1. The monoisotopic (exact) mass is 651 g/mol. The van der Waals surface area contributed by atoms with Crippen molar-refractivity contribution in [1.82, 2.24) is 10.6 Å². The summed E-state index contributed by atoms with van der Waals surface area (Å²) in [6.45, 7) is 10.8. The van der Waals surface area contributed by atoms with Crippen molar-refractivity contribution in [3.05, 3.63) is 82.4 Å². The van der Waals surface area contributed by atoms with E-state index in [0.29, 0.717) is 10.7 Å². The van der Waals surface area contributed by atoms with Gasteiger partial charge in [0.2, 0.25) is 11.8 Å². The second-order valence-corrected chi connectivity index (χ2v) is 13.4. The molecule has 1 aliphatic heterocycles. The molecule has 4 N–H and O–H groups in total. The summed E-state index contributed by atoms with van der Waals surface area (Å²) in [6.07, 6.45) is 5.58. The van der Waals surface area contributed by atoms with Gasteiger partial charge < -0.3 is 25.8 Å². The Bertz CT molecular complexity index is 1450. The second-order valence-electron chi connectivity index (χ2n) is 13.0. The summed E-state index contributed by atoms with van der Waals surface area (Å²) < 4.78 is 11.7. The molecule has 0 fully saturated rings. The number of esters is 2. The third kappa shape index (κ3) is 11.1. The highest BCUT2D eigenvalue weighted by Gasteiger charge is 2.37. The van der Waals surface area contributed by atoms with Gasteiger partial charge in [-0.2, -0.15) is 0 Å². The van der Waals surface area contributed by atoms with Gasteiger partial charge in [-0.1, -0.05) is 74.9 Å². The predicted molar refractivity (Wildman–Crippen MR) is 181 cm³/mol. The van der Waals surface area contributed by atoms with Crippen LogP contribution < -0.4 is 16.4 Å². The molecule has 0 radical (unpaired) electrons. The molecule has 2 aromatic carbocycles. The number of carbonyl (C=O) groups is 4. The number of ether oxygens (including phenoxy) is 2. The Morgan fingerprint density at radius 2 is 1.74 bits per heavy atom. The molecule has 0 saturated heterocycles. The highest BCUT2D eigenvalue weighted by atomic mass is 35.5. The first-order valence-electron chi connectivity index (χ1n) is 15.6. The summed E-state index contributed by atoms with van der Waals surface area (Å²) in [6, 6.07) is 11.9. The molecule has 0 aromatic heterocycles. The van der Waals surface area contributed by atoms with Gasteiger partial charge in [0.15, 0.2) is 6.10 Å². The molecular formula is C36H46ClN3O6. The predicted octanol–water partition coefficient (Wildman–Crippen LogP) is 5.58. The van der Waals surface area contributed by atoms with E-state index in [4.69, 9.17) is 26.8 Å². The van der Waals surface area contributed by atoms with Crippen molar-refractivity contribution in [3.63, 3.8) is 0 Å². The van der Waals surface area contributed by atoms with E-state index >= 15 is 0 Å². The zero-order valence-electron chi connectivity index (χ0n) is 27.5. The number of nitrogens with one attached hydrogen (secondary N) is 2. The van der Waals surface area contributed by atoms with Gasteiger partial charge in [-0.25, -0.2) is 4.79 Å². The largest absolute Gasteiger partial charge is 0.459 e. The number of rotatable bonds is 7. The average molecular weight is 652 g/mol. The number of nitrogen functional groups attached to an aromatic ring is 1. The molecule has 2 aromatic rings. The average Bonchev–Trinajstić information content (AvgIpc) is 2.99. The van der Waals surface area contributed by atoms with Crippen molar-refractivity contribution >= 4 is 47.1 Å². The van der Waals surface area contributed by atoms with Crippen LogP contribution in [0.25, 0.3) is 6.08 Å². The van der Waals surface area contributed by atoms with E-state index in [-0.39, 0.29) is 37.6 Å². The zero-order valence-corrected chi connectivity index (χ0v) is 28.2. The van der Waals surface area contributed by atoms with Gasteiger partial charge in [-0.15, -0.1) is 0 Å². The number of halogens is 1. The normalized spacial score (nSPS) is 22.9. The number of benzene rings is 2. The molecule has 1 heterocycles. The van der Waals surface area contributed by atoms with Gasteiger partial charge in [-0.05, 0) is 74.1 Å². The van der Waals surface area contributed by atoms with E-state index in [9.17, 15) is 19.2 Å². The van der Waals surface area contributed by atoms with Crippen LogP contribution in [0.5, 0.6) is 0 Å². The molecule has 0 saturated carbocycles. The fraction of sp³-hybridized carbons (Fsp3) is 0.444. The summed E-state index contributed by atoms with van der Waals surface area (Å²) in [5.41, 5.74) is 7.85. The van der Waals surface area contributed by atoms with Crippen molar-refractivity contribution in [3.8, 4) is 0 Å². The van der Waals surface area contributed by atoms with Gasteiger partial charge >= 0.3 is 11.9 Å². The first kappa shape index (κ1) is 36.4. The topological polar surface area (TPSA) is 137 Å². The van der Waals surface area contributed by atoms with E-state index in [0.717, 1.165) is 16.7 Å². The first-order valence-corrected chi connectivity index (χ1v) is 16.0. The molecule has 4 atom stereocenters. The molecule has 4 unspecified atom stereocenters. The van der Waals surface area contributed by atoms with Gasteiger partial charge in [0.25, 0.3) is 0 Å². The minimum absolute atomic E-state index is 0.0275. The molecule has 0 spiro atoms. The van der Waals surface area contributed by atoms with Crippen LogP contribution in [0.2, 0.25) is 5.02 Å². The van der Waals surface area contributed by atoms with E-state index in [1.165, 1.54) is 6.08 Å². The Morgan fingerprint density at radius 3 is 2.39 bits per heavy atom. The Kier molecular flexibility index (Phi) is 13.0. The number of anilines is 1. The van der Waals surface area contributed by atoms with Crippen molar-refractivity contribution < 1.29 is 28.7 Å². The number of carbonyl (C=O) groups excluding carboxylic acids is 4. The van der Waals surface area contributed by atoms with Gasteiger partial charge in [0.1, 0.15) is 12.1 Å². The van der Waals surface area contributed by atoms with Crippen LogP contribution in [-0.4, -0.2) is 48.5 Å². The molecule has 3 rings (SSSR count). The minimum Gasteiger partial charge on any atom is -0.459 e. The fourth-order valence-electron chi connectivity index (χ4n) is 4.74. The summed E-state index contributed by atoms with van der Waals surface area (Å²) >= 11 is 6.32. The van der Waals surface area contributed by atoms with Crippen molar-refractivity contribution in [2.45, 2.75) is 79.1 Å². The van der Waals surface area contributed by atoms with Crippen LogP contribution in [0.4, 0.5) is 5.69 Å². The van der Waals surface area contributed by atoms with Crippen molar-refractivity contribution in [2.75, 3.05) is 12.3 Å². The quantitative estimate of drug-likeness (QED) is 0.263. The standard InChI is InChI=1S/C36H46ClN3O6/c1-22(2)18-31-34(43)45-30(24(4)11-12-25-14-16-27(38)17-15-25)8-7-9-32(41)40-29(20-26-13-10-23(3)28(37)19-26)33(42)39-21-36(5,6)35(44)46-31/h7,9-17,19,22,24,29-31H,8,18,20-21,38H2,1-6H3,(H,39,42)(H,40,41)/b9-7+,12-11+. The van der Waals surface area contributed by atoms with Crippen LogP contribution in [0.15, 0.2) is 60.7 Å². The van der Waals surface area contributed by atoms with Crippen LogP contribution in [-0.2, 0) is 35.1 Å². The third-order valence-electron chi connectivity index (χ3n) is 7.78. The van der Waals surface area contributed by atoms with Gasteiger partial charge in [0.05, 0.1) is 5.41 Å². The lowest BCUT2D eigenvalue weighted by Crippen LogP contribution is -2.51. The SMILES string of the molecule is Cc1ccc(CC2NC(=O)/C=C/CC(C(C)/C=C/c3ccc(N)cc3)OC(=O)C(CC(C)C)OC(=O)C(C)(C)CNC2=O)cc1Cl. The van der Waals surface area contributed by atoms with Crippen LogP contribution in [0.3, 0.4) is 0 Å². The zero-order chi connectivity index (χ0) is 34.0. The van der Waals surface area contributed by atoms with E-state index in [2.05, 4.69) is 10.6 Å². The second kappa shape index (κ2) is 16.5. The lowest BCUT2D eigenvalue weighted by molar-refractivity contribution is -0.178. The van der Waals surface area contributed by atoms with Crippen LogP contribution in [0, 0.1) is 24.2 Å². The Morgan fingerprint density at radius 1 is 1.04 bits per heavy atom. The van der Waals surface area contributed by atoms with Crippen LogP contribution >= 0.6 is 11.6 Å². The number of hydrogen-bond donors (Lipinski definition) is 3. The van der Waals surface area contributed by atoms with E-state index in [1.807, 2.05) is 64.1 Å². The Balaban J connectivity index is 1.93. The molecule has 1 aliphatic rings. The van der Waals surface area contributed by atoms with Crippen molar-refractivity contribution in [1.29, 1.82) is 0 Å². The number of cyclic esters (lactones) is 2. The fourth-order valence-corrected chi connectivity index (χ4v) is 4.94. The van der Waals surface area contributed by atoms with Crippen LogP contribution in [0.1, 0.15) is 64.2 Å².